The Kier molecular flexibility index (Phi) is 9.64. The Morgan fingerprint density at radius 1 is 0.500 bits per heavy atom. The van der Waals surface area contributed by atoms with Gasteiger partial charge >= 0.3 is 0 Å². The van der Waals surface area contributed by atoms with Crippen LogP contribution in [0.5, 0.6) is 11.5 Å². The normalized spacial score (nSPS) is 21.1. The van der Waals surface area contributed by atoms with Gasteiger partial charge in [-0.15, -0.1) is 0 Å². The van der Waals surface area contributed by atoms with Crippen LogP contribution in [0, 0.1) is 11.8 Å². The molecule has 1 spiro atoms. The predicted molar refractivity (Wildman–Crippen MR) is 336 cm³/mol. The minimum atomic E-state index is -0.809. The first-order valence-corrected chi connectivity index (χ1v) is 29.2. The quantitative estimate of drug-likeness (QED) is 0.161. The van der Waals surface area contributed by atoms with E-state index in [1.165, 1.54) is 66.4 Å². The molecule has 2 aromatic heterocycles. The van der Waals surface area contributed by atoms with Crippen molar-refractivity contribution >= 4 is 77.7 Å². The maximum Gasteiger partial charge on any atom is 0.140 e. The summed E-state index contributed by atoms with van der Waals surface area (Å²) in [5.41, 5.74) is 21.8. The van der Waals surface area contributed by atoms with Gasteiger partial charge in [0.2, 0.25) is 0 Å². The number of fused-ring (bicyclic) bond motifs is 12. The molecule has 5 nitrogen and oxygen atoms in total. The highest BCUT2D eigenvalue weighted by atomic mass is 16.5. The topological polar surface area (TPSA) is 42.0 Å². The second kappa shape index (κ2) is 16.6. The van der Waals surface area contributed by atoms with Crippen LogP contribution in [0.3, 0.4) is 0 Å². The summed E-state index contributed by atoms with van der Waals surface area (Å²) in [4.78, 5) is 5.13. The lowest BCUT2D eigenvalue weighted by atomic mass is 9.55. The van der Waals surface area contributed by atoms with Gasteiger partial charge in [-0.3, -0.25) is 0 Å². The Morgan fingerprint density at radius 2 is 1.18 bits per heavy atom. The zero-order chi connectivity index (χ0) is 55.1. The van der Waals surface area contributed by atoms with Crippen molar-refractivity contribution in [2.75, 3.05) is 9.80 Å². The minimum Gasteiger partial charge on any atom is -0.460 e. The first-order valence-electron chi connectivity index (χ1n) is 29.2. The van der Waals surface area contributed by atoms with Crippen LogP contribution >= 0.6 is 0 Å². The number of hydrogen-bond acceptors (Lipinski definition) is 5. The summed E-state index contributed by atoms with van der Waals surface area (Å²) < 4.78 is 21.9. The van der Waals surface area contributed by atoms with Gasteiger partial charge < -0.3 is 23.4 Å². The molecule has 0 amide bonds. The molecule has 5 heteroatoms. The molecule has 0 saturated heterocycles. The van der Waals surface area contributed by atoms with Gasteiger partial charge in [0, 0.05) is 73.2 Å². The van der Waals surface area contributed by atoms with E-state index in [0.717, 1.165) is 89.7 Å². The third kappa shape index (κ3) is 6.07. The summed E-state index contributed by atoms with van der Waals surface area (Å²) in [5.74, 6) is 2.87. The fourth-order valence-corrected chi connectivity index (χ4v) is 16.4. The minimum absolute atomic E-state index is 0.00160. The van der Waals surface area contributed by atoms with Crippen LogP contribution in [0.1, 0.15) is 93.5 Å². The molecule has 396 valence electrons. The fraction of sp³-hybridized carbons (Fsp3) is 0.169. The maximum absolute atomic E-state index is 7.53. The molecule has 5 unspecified atom stereocenters. The number of ether oxygens (including phenoxy) is 1. The SMILES string of the molecule is CC1C2=C3C(C)C4=C1C(C)c1oc5ccccc5c1C4(C)N(c1ccc4oc5cccc(N(c6ccccc6)c6cccc7ccccc67)c5c4c1)c1cc(-c4ccc(C(C)(C)C)cc4)c4c(c1)C3(c1ccccc1O4)c1ccccc12. The number of allylic oxidation sites excluding steroid dienone is 3. The smallest absolute Gasteiger partial charge is 0.140 e. The molecule has 10 aromatic carbocycles. The lowest BCUT2D eigenvalue weighted by molar-refractivity contribution is 0.402. The first kappa shape index (κ1) is 47.5. The maximum atomic E-state index is 7.53. The summed E-state index contributed by atoms with van der Waals surface area (Å²) >= 11 is 0. The van der Waals surface area contributed by atoms with Crippen LogP contribution in [0.2, 0.25) is 0 Å². The molecule has 4 bridgehead atoms. The molecule has 5 aliphatic rings. The van der Waals surface area contributed by atoms with Crippen molar-refractivity contribution in [3.8, 4) is 22.6 Å². The molecule has 5 atom stereocenters. The molecule has 82 heavy (non-hydrogen) atoms. The summed E-state index contributed by atoms with van der Waals surface area (Å²) in [6.45, 7) is 16.8. The molecular formula is C77H60N2O3. The van der Waals surface area contributed by atoms with Crippen LogP contribution in [0.4, 0.5) is 28.4 Å². The number of benzene rings is 10. The number of anilines is 5. The third-order valence-electron chi connectivity index (χ3n) is 19.6. The molecule has 0 radical (unpaired) electrons. The van der Waals surface area contributed by atoms with Gasteiger partial charge in [-0.25, -0.2) is 0 Å². The van der Waals surface area contributed by atoms with Gasteiger partial charge in [-0.2, -0.15) is 0 Å². The van der Waals surface area contributed by atoms with Crippen molar-refractivity contribution in [1.82, 2.24) is 0 Å². The van der Waals surface area contributed by atoms with Crippen LogP contribution in [-0.4, -0.2) is 0 Å². The van der Waals surface area contributed by atoms with Crippen molar-refractivity contribution in [3.05, 3.63) is 274 Å². The van der Waals surface area contributed by atoms with Gasteiger partial charge in [0.15, 0.2) is 0 Å². The van der Waals surface area contributed by atoms with Crippen LogP contribution in [0.25, 0.3) is 60.4 Å². The van der Waals surface area contributed by atoms with Gasteiger partial charge in [-0.05, 0) is 129 Å². The predicted octanol–water partition coefficient (Wildman–Crippen LogP) is 20.9. The van der Waals surface area contributed by atoms with Crippen molar-refractivity contribution in [3.63, 3.8) is 0 Å². The summed E-state index contributed by atoms with van der Waals surface area (Å²) in [7, 11) is 0. The molecule has 4 heterocycles. The van der Waals surface area contributed by atoms with E-state index in [0.29, 0.717) is 0 Å². The highest BCUT2D eigenvalue weighted by Gasteiger charge is 2.62. The number of nitrogens with zero attached hydrogens (tertiary/aromatic N) is 2. The number of para-hydroxylation sites is 3. The number of furan rings is 2. The Balaban J connectivity index is 1.03. The summed E-state index contributed by atoms with van der Waals surface area (Å²) in [6, 6.07) is 80.8. The molecule has 0 saturated carbocycles. The standard InChI is InChI=1S/C77H60N2O3/c1-44-67-45(2)73-72(55-27-14-17-32-63(55)81-73)76(7)70(67)46(3)71-68(44)54-26-13-15-28-58(54)77(71)59-29-16-18-33-65(59)82-74-56(48-35-37-49(38-36-48)75(4,5)6)42-52(43-60(74)77)79(76)51-39-40-64-57(41-51)69-62(31-20-34-66(69)80-64)78(50-23-9-8-10-24-50)61-30-19-22-47-21-11-12-25-53(47)61/h8-46H,1-7H3. The van der Waals surface area contributed by atoms with Crippen molar-refractivity contribution in [1.29, 1.82) is 0 Å². The van der Waals surface area contributed by atoms with Gasteiger partial charge in [0.1, 0.15) is 34.0 Å². The van der Waals surface area contributed by atoms with Crippen molar-refractivity contribution in [2.24, 2.45) is 11.8 Å². The third-order valence-corrected chi connectivity index (χ3v) is 19.6. The molecule has 12 aromatic rings. The molecule has 3 aliphatic carbocycles. The van der Waals surface area contributed by atoms with Crippen LogP contribution in [0.15, 0.2) is 244 Å². The van der Waals surface area contributed by atoms with Crippen LogP contribution in [-0.2, 0) is 16.4 Å². The van der Waals surface area contributed by atoms with E-state index in [1.54, 1.807) is 0 Å². The van der Waals surface area contributed by atoms with E-state index >= 15 is 0 Å². The van der Waals surface area contributed by atoms with E-state index in [4.69, 9.17) is 13.6 Å². The molecule has 2 aliphatic heterocycles. The molecule has 0 N–H and O–H groups in total. The zero-order valence-electron chi connectivity index (χ0n) is 47.1. The zero-order valence-corrected chi connectivity index (χ0v) is 47.1. The van der Waals surface area contributed by atoms with Crippen molar-refractivity contribution in [2.45, 2.75) is 70.8 Å². The van der Waals surface area contributed by atoms with Gasteiger partial charge in [0.25, 0.3) is 0 Å². The molecule has 17 rings (SSSR count). The lowest BCUT2D eigenvalue weighted by Crippen LogP contribution is -2.49. The van der Waals surface area contributed by atoms with Gasteiger partial charge in [0.05, 0.1) is 27.7 Å². The second-order valence-electron chi connectivity index (χ2n) is 24.8. The van der Waals surface area contributed by atoms with E-state index in [2.05, 4.69) is 277 Å². The highest BCUT2D eigenvalue weighted by Crippen LogP contribution is 2.72. The van der Waals surface area contributed by atoms with E-state index < -0.39 is 11.0 Å². The van der Waals surface area contributed by atoms with E-state index in [-0.39, 0.29) is 23.2 Å². The largest absolute Gasteiger partial charge is 0.460 e. The first-order chi connectivity index (χ1) is 39.9. The van der Waals surface area contributed by atoms with E-state index in [9.17, 15) is 0 Å². The monoisotopic (exact) mass is 1060 g/mol. The second-order valence-corrected chi connectivity index (χ2v) is 24.8. The fourth-order valence-electron chi connectivity index (χ4n) is 16.4. The Bertz CT molecular complexity index is 4790. The van der Waals surface area contributed by atoms with Crippen LogP contribution < -0.4 is 14.5 Å². The number of rotatable bonds is 5. The van der Waals surface area contributed by atoms with E-state index in [1.807, 2.05) is 0 Å². The summed E-state index contributed by atoms with van der Waals surface area (Å²) in [6.07, 6.45) is 0. The average Bonchev–Trinajstić information content (AvgIpc) is 2.22. The Labute approximate surface area is 478 Å². The Morgan fingerprint density at radius 3 is 2.01 bits per heavy atom. The number of hydrogen-bond donors (Lipinski definition) is 0. The Hall–Kier alpha value is -9.32. The van der Waals surface area contributed by atoms with Gasteiger partial charge in [-0.1, -0.05) is 193 Å². The van der Waals surface area contributed by atoms with Crippen molar-refractivity contribution < 1.29 is 13.6 Å². The summed E-state index contributed by atoms with van der Waals surface area (Å²) in [5, 5.41) is 5.58. The molecular weight excluding hydrogens is 1000 g/mol. The lowest BCUT2D eigenvalue weighted by Gasteiger charge is -2.53. The highest BCUT2D eigenvalue weighted by molar-refractivity contribution is 6.15. The molecule has 0 fully saturated rings. The average molecular weight is 1060 g/mol.